The first-order valence-corrected chi connectivity index (χ1v) is 8.77. The molecule has 2 unspecified atom stereocenters. The van der Waals surface area contributed by atoms with Crippen LogP contribution in [0.1, 0.15) is 31.4 Å². The summed E-state index contributed by atoms with van der Waals surface area (Å²) in [6, 6.07) is 9.59. The van der Waals surface area contributed by atoms with E-state index in [1.54, 1.807) is 0 Å². The molecule has 0 bridgehead atoms. The molecule has 2 heterocycles. The molecular weight excluding hydrogens is 282 g/mol. The van der Waals surface area contributed by atoms with E-state index in [2.05, 4.69) is 34.9 Å². The lowest BCUT2D eigenvalue weighted by molar-refractivity contribution is 0.208. The Labute approximate surface area is 130 Å². The van der Waals surface area contributed by atoms with Crippen LogP contribution in [0.5, 0.6) is 0 Å². The minimum atomic E-state index is 0.0707. The molecule has 2 N–H and O–H groups in total. The number of hydrogen-bond acceptors (Lipinski definition) is 3. The molecule has 0 radical (unpaired) electrons. The van der Waals surface area contributed by atoms with Crippen LogP contribution in [-0.2, 0) is 0 Å². The SMILES string of the molecule is CCNC(=O)N1CCC(NC2CCSc3ccccc32)C1. The highest BCUT2D eigenvalue weighted by Gasteiger charge is 2.29. The predicted octanol–water partition coefficient (Wildman–Crippen LogP) is 2.62. The van der Waals surface area contributed by atoms with Gasteiger partial charge in [-0.2, -0.15) is 0 Å². The van der Waals surface area contributed by atoms with Crippen LogP contribution in [0.3, 0.4) is 0 Å². The first-order valence-electron chi connectivity index (χ1n) is 7.78. The fourth-order valence-corrected chi connectivity index (χ4v) is 4.27. The molecule has 5 heteroatoms. The third-order valence-electron chi connectivity index (χ3n) is 4.20. The van der Waals surface area contributed by atoms with Gasteiger partial charge in [-0.1, -0.05) is 18.2 Å². The van der Waals surface area contributed by atoms with E-state index in [1.165, 1.54) is 22.6 Å². The van der Waals surface area contributed by atoms with Crippen molar-refractivity contribution in [3.8, 4) is 0 Å². The van der Waals surface area contributed by atoms with Crippen molar-refractivity contribution in [1.82, 2.24) is 15.5 Å². The molecule has 2 aliphatic rings. The van der Waals surface area contributed by atoms with Crippen molar-refractivity contribution in [3.63, 3.8) is 0 Å². The highest BCUT2D eigenvalue weighted by Crippen LogP contribution is 2.36. The first kappa shape index (κ1) is 14.7. The number of urea groups is 1. The molecule has 1 aromatic carbocycles. The van der Waals surface area contributed by atoms with Crippen LogP contribution in [0, 0.1) is 0 Å². The van der Waals surface area contributed by atoms with Gasteiger partial charge in [-0.3, -0.25) is 0 Å². The molecule has 0 spiro atoms. The lowest BCUT2D eigenvalue weighted by atomic mass is 10.0. The summed E-state index contributed by atoms with van der Waals surface area (Å²) in [6.45, 7) is 4.32. The zero-order chi connectivity index (χ0) is 14.7. The van der Waals surface area contributed by atoms with Crippen LogP contribution in [-0.4, -0.2) is 42.4 Å². The number of hydrogen-bond donors (Lipinski definition) is 2. The summed E-state index contributed by atoms with van der Waals surface area (Å²) < 4.78 is 0. The molecule has 0 aromatic heterocycles. The number of carbonyl (C=O) groups is 1. The second-order valence-electron chi connectivity index (χ2n) is 5.66. The van der Waals surface area contributed by atoms with E-state index in [0.717, 1.165) is 19.5 Å². The monoisotopic (exact) mass is 305 g/mol. The fraction of sp³-hybridized carbons (Fsp3) is 0.562. The molecular formula is C16H23N3OS. The number of likely N-dealkylation sites (tertiary alicyclic amines) is 1. The Morgan fingerprint density at radius 3 is 3.10 bits per heavy atom. The molecule has 2 aliphatic heterocycles. The zero-order valence-corrected chi connectivity index (χ0v) is 13.3. The van der Waals surface area contributed by atoms with Crippen molar-refractivity contribution in [2.45, 2.75) is 36.7 Å². The maximum Gasteiger partial charge on any atom is 0.317 e. The summed E-state index contributed by atoms with van der Waals surface area (Å²) in [5.41, 5.74) is 1.42. The van der Waals surface area contributed by atoms with Crippen molar-refractivity contribution in [2.75, 3.05) is 25.4 Å². The van der Waals surface area contributed by atoms with Gasteiger partial charge in [-0.05, 0) is 37.1 Å². The Bertz CT molecular complexity index is 508. The van der Waals surface area contributed by atoms with E-state index in [4.69, 9.17) is 0 Å². The van der Waals surface area contributed by atoms with Crippen molar-refractivity contribution in [3.05, 3.63) is 29.8 Å². The smallest absolute Gasteiger partial charge is 0.317 e. The number of benzene rings is 1. The van der Waals surface area contributed by atoms with Gasteiger partial charge in [0, 0.05) is 36.6 Å². The van der Waals surface area contributed by atoms with E-state index in [9.17, 15) is 4.79 Å². The average molecular weight is 305 g/mol. The largest absolute Gasteiger partial charge is 0.338 e. The Balaban J connectivity index is 1.60. The van der Waals surface area contributed by atoms with Gasteiger partial charge in [0.15, 0.2) is 0 Å². The number of fused-ring (bicyclic) bond motifs is 1. The first-order chi connectivity index (χ1) is 10.3. The molecule has 0 saturated carbocycles. The van der Waals surface area contributed by atoms with Crippen LogP contribution in [0.15, 0.2) is 29.2 Å². The minimum absolute atomic E-state index is 0.0707. The van der Waals surface area contributed by atoms with Gasteiger partial charge in [0.25, 0.3) is 0 Å². The summed E-state index contributed by atoms with van der Waals surface area (Å²) in [7, 11) is 0. The maximum atomic E-state index is 11.9. The highest BCUT2D eigenvalue weighted by molar-refractivity contribution is 7.99. The van der Waals surface area contributed by atoms with E-state index in [-0.39, 0.29) is 6.03 Å². The Morgan fingerprint density at radius 1 is 1.38 bits per heavy atom. The summed E-state index contributed by atoms with van der Waals surface area (Å²) in [5, 5.41) is 6.65. The van der Waals surface area contributed by atoms with Crippen LogP contribution < -0.4 is 10.6 Å². The third kappa shape index (κ3) is 3.35. The fourth-order valence-electron chi connectivity index (χ4n) is 3.14. The molecule has 2 amide bonds. The molecule has 2 atom stereocenters. The van der Waals surface area contributed by atoms with Gasteiger partial charge in [0.05, 0.1) is 0 Å². The Kier molecular flexibility index (Phi) is 4.70. The Hall–Kier alpha value is -1.20. The van der Waals surface area contributed by atoms with E-state index < -0.39 is 0 Å². The molecule has 21 heavy (non-hydrogen) atoms. The number of thioether (sulfide) groups is 1. The van der Waals surface area contributed by atoms with Crippen molar-refractivity contribution in [2.24, 2.45) is 0 Å². The number of rotatable bonds is 3. The second-order valence-corrected chi connectivity index (χ2v) is 6.80. The standard InChI is InChI=1S/C16H23N3OS/c1-2-17-16(20)19-9-7-12(11-19)18-14-8-10-21-15-6-4-3-5-13(14)15/h3-6,12,14,18H,2,7-11H2,1H3,(H,17,20). The summed E-state index contributed by atoms with van der Waals surface area (Å²) >= 11 is 1.95. The van der Waals surface area contributed by atoms with Gasteiger partial charge >= 0.3 is 6.03 Å². The molecule has 3 rings (SSSR count). The lowest BCUT2D eigenvalue weighted by Gasteiger charge is -2.28. The van der Waals surface area contributed by atoms with Gasteiger partial charge in [0.2, 0.25) is 0 Å². The van der Waals surface area contributed by atoms with Crippen LogP contribution in [0.2, 0.25) is 0 Å². The van der Waals surface area contributed by atoms with Crippen LogP contribution in [0.25, 0.3) is 0 Å². The maximum absolute atomic E-state index is 11.9. The molecule has 0 aliphatic carbocycles. The van der Waals surface area contributed by atoms with Gasteiger partial charge in [-0.25, -0.2) is 4.79 Å². The van der Waals surface area contributed by atoms with E-state index in [1.807, 2.05) is 23.6 Å². The minimum Gasteiger partial charge on any atom is -0.338 e. The van der Waals surface area contributed by atoms with Gasteiger partial charge < -0.3 is 15.5 Å². The zero-order valence-electron chi connectivity index (χ0n) is 12.5. The van der Waals surface area contributed by atoms with E-state index in [0.29, 0.717) is 18.6 Å². The number of amides is 2. The van der Waals surface area contributed by atoms with Crippen molar-refractivity contribution >= 4 is 17.8 Å². The summed E-state index contributed by atoms with van der Waals surface area (Å²) in [4.78, 5) is 15.2. The summed E-state index contributed by atoms with van der Waals surface area (Å²) in [6.07, 6.45) is 2.21. The van der Waals surface area contributed by atoms with Crippen molar-refractivity contribution in [1.29, 1.82) is 0 Å². The number of carbonyl (C=O) groups excluding carboxylic acids is 1. The van der Waals surface area contributed by atoms with E-state index >= 15 is 0 Å². The summed E-state index contributed by atoms with van der Waals surface area (Å²) in [5.74, 6) is 1.17. The molecule has 4 nitrogen and oxygen atoms in total. The van der Waals surface area contributed by atoms with Crippen molar-refractivity contribution < 1.29 is 4.79 Å². The molecule has 114 valence electrons. The van der Waals surface area contributed by atoms with Gasteiger partial charge in [0.1, 0.15) is 0 Å². The third-order valence-corrected chi connectivity index (χ3v) is 5.32. The normalized spacial score (nSPS) is 24.7. The quantitative estimate of drug-likeness (QED) is 0.902. The van der Waals surface area contributed by atoms with Gasteiger partial charge in [-0.15, -0.1) is 11.8 Å². The molecule has 1 fully saturated rings. The topological polar surface area (TPSA) is 44.4 Å². The highest BCUT2D eigenvalue weighted by atomic mass is 32.2. The lowest BCUT2D eigenvalue weighted by Crippen LogP contribution is -2.41. The predicted molar refractivity (Wildman–Crippen MR) is 86.7 cm³/mol. The second kappa shape index (κ2) is 6.71. The number of nitrogens with one attached hydrogen (secondary N) is 2. The average Bonchev–Trinajstić information content (AvgIpc) is 2.97. The molecule has 1 aromatic rings. The number of nitrogens with zero attached hydrogens (tertiary/aromatic N) is 1. The Morgan fingerprint density at radius 2 is 2.24 bits per heavy atom. The van der Waals surface area contributed by atoms with Crippen LogP contribution in [0.4, 0.5) is 4.79 Å². The molecule has 1 saturated heterocycles. The van der Waals surface area contributed by atoms with Crippen LogP contribution >= 0.6 is 11.8 Å².